The average molecular weight is 239 g/mol. The number of benzene rings is 1. The molecule has 1 aliphatic carbocycles. The van der Waals surface area contributed by atoms with E-state index >= 15 is 0 Å². The van der Waals surface area contributed by atoms with Crippen molar-refractivity contribution in [3.05, 3.63) is 33.8 Å². The minimum atomic E-state index is -0.310. The first-order chi connectivity index (χ1) is 6.03. The van der Waals surface area contributed by atoms with Crippen LogP contribution in [0, 0.1) is 0 Å². The molecule has 0 atom stereocenters. The maximum atomic E-state index is 11.7. The standard InChI is InChI=1S/C11H11BrO/c1-11(2)9(13)6-7-4-3-5-8(12)10(7)11/h3-5H,6H2,1-2H3. The zero-order valence-corrected chi connectivity index (χ0v) is 9.31. The van der Waals surface area contributed by atoms with E-state index < -0.39 is 0 Å². The van der Waals surface area contributed by atoms with Gasteiger partial charge in [-0.3, -0.25) is 4.79 Å². The number of hydrogen-bond acceptors (Lipinski definition) is 1. The lowest BCUT2D eigenvalue weighted by Gasteiger charge is -2.18. The van der Waals surface area contributed by atoms with Crippen molar-refractivity contribution < 1.29 is 4.79 Å². The quantitative estimate of drug-likeness (QED) is 0.680. The second kappa shape index (κ2) is 2.68. The Kier molecular flexibility index (Phi) is 1.84. The topological polar surface area (TPSA) is 17.1 Å². The first-order valence-corrected chi connectivity index (χ1v) is 5.14. The zero-order valence-electron chi connectivity index (χ0n) is 7.73. The SMILES string of the molecule is CC1(C)C(=O)Cc2cccc(Br)c21. The van der Waals surface area contributed by atoms with Crippen molar-refractivity contribution in [1.82, 2.24) is 0 Å². The number of hydrogen-bond donors (Lipinski definition) is 0. The van der Waals surface area contributed by atoms with E-state index in [0.717, 1.165) is 4.47 Å². The van der Waals surface area contributed by atoms with Gasteiger partial charge in [-0.15, -0.1) is 0 Å². The van der Waals surface area contributed by atoms with Crippen molar-refractivity contribution in [2.24, 2.45) is 0 Å². The normalized spacial score (nSPS) is 18.8. The Morgan fingerprint density at radius 2 is 2.08 bits per heavy atom. The Hall–Kier alpha value is -0.630. The molecule has 0 spiro atoms. The number of fused-ring (bicyclic) bond motifs is 1. The highest BCUT2D eigenvalue weighted by Gasteiger charge is 2.39. The summed E-state index contributed by atoms with van der Waals surface area (Å²) < 4.78 is 1.06. The molecule has 0 amide bonds. The van der Waals surface area contributed by atoms with Crippen molar-refractivity contribution in [1.29, 1.82) is 0 Å². The van der Waals surface area contributed by atoms with Gasteiger partial charge >= 0.3 is 0 Å². The summed E-state index contributed by atoms with van der Waals surface area (Å²) in [7, 11) is 0. The zero-order chi connectivity index (χ0) is 9.64. The molecule has 0 unspecified atom stereocenters. The molecule has 1 nitrogen and oxygen atoms in total. The predicted octanol–water partition coefficient (Wildman–Crippen LogP) is 2.85. The van der Waals surface area contributed by atoms with Crippen molar-refractivity contribution in [3.8, 4) is 0 Å². The van der Waals surface area contributed by atoms with Crippen LogP contribution in [0.2, 0.25) is 0 Å². The predicted molar refractivity (Wildman–Crippen MR) is 55.9 cm³/mol. The van der Waals surface area contributed by atoms with Crippen LogP contribution in [0.1, 0.15) is 25.0 Å². The van der Waals surface area contributed by atoms with Crippen LogP contribution in [0.4, 0.5) is 0 Å². The number of rotatable bonds is 0. The molecular weight excluding hydrogens is 228 g/mol. The molecule has 0 radical (unpaired) electrons. The van der Waals surface area contributed by atoms with Crippen LogP contribution in [-0.2, 0) is 16.6 Å². The Morgan fingerprint density at radius 1 is 1.38 bits per heavy atom. The van der Waals surface area contributed by atoms with E-state index in [1.54, 1.807) is 0 Å². The molecule has 0 aromatic heterocycles. The molecular formula is C11H11BrO. The van der Waals surface area contributed by atoms with Crippen molar-refractivity contribution in [2.75, 3.05) is 0 Å². The van der Waals surface area contributed by atoms with Crippen molar-refractivity contribution in [3.63, 3.8) is 0 Å². The fraction of sp³-hybridized carbons (Fsp3) is 0.364. The van der Waals surface area contributed by atoms with Crippen LogP contribution in [0.15, 0.2) is 22.7 Å². The number of halogens is 1. The molecule has 0 aliphatic heterocycles. The minimum absolute atomic E-state index is 0.310. The summed E-state index contributed by atoms with van der Waals surface area (Å²) in [6.07, 6.45) is 0.585. The maximum absolute atomic E-state index is 11.7. The van der Waals surface area contributed by atoms with Gasteiger partial charge in [-0.25, -0.2) is 0 Å². The molecule has 2 heteroatoms. The molecule has 13 heavy (non-hydrogen) atoms. The molecule has 0 saturated carbocycles. The van der Waals surface area contributed by atoms with Crippen LogP contribution >= 0.6 is 15.9 Å². The number of Topliss-reactive ketones (excluding diaryl/α,β-unsaturated/α-hetero) is 1. The van der Waals surface area contributed by atoms with E-state index in [1.165, 1.54) is 11.1 Å². The third kappa shape index (κ3) is 1.16. The second-order valence-electron chi connectivity index (χ2n) is 4.00. The molecule has 0 heterocycles. The van der Waals surface area contributed by atoms with E-state index in [0.29, 0.717) is 12.2 Å². The molecule has 1 aromatic rings. The van der Waals surface area contributed by atoms with Gasteiger partial charge in [0.25, 0.3) is 0 Å². The Balaban J connectivity index is 2.70. The first-order valence-electron chi connectivity index (χ1n) is 4.34. The van der Waals surface area contributed by atoms with Gasteiger partial charge in [0.15, 0.2) is 0 Å². The Morgan fingerprint density at radius 3 is 2.69 bits per heavy atom. The second-order valence-corrected chi connectivity index (χ2v) is 4.85. The number of carbonyl (C=O) groups excluding carboxylic acids is 1. The van der Waals surface area contributed by atoms with Gasteiger partial charge in [-0.1, -0.05) is 28.1 Å². The molecule has 1 aliphatic rings. The van der Waals surface area contributed by atoms with Gasteiger partial charge in [0.1, 0.15) is 5.78 Å². The van der Waals surface area contributed by atoms with Crippen LogP contribution in [0.25, 0.3) is 0 Å². The molecule has 0 fully saturated rings. The van der Waals surface area contributed by atoms with Crippen LogP contribution in [-0.4, -0.2) is 5.78 Å². The lowest BCUT2D eigenvalue weighted by atomic mass is 9.86. The molecule has 68 valence electrons. The number of carbonyl (C=O) groups is 1. The highest BCUT2D eigenvalue weighted by atomic mass is 79.9. The lowest BCUT2D eigenvalue weighted by molar-refractivity contribution is -0.121. The minimum Gasteiger partial charge on any atom is -0.298 e. The summed E-state index contributed by atoms with van der Waals surface area (Å²) in [5.41, 5.74) is 2.03. The van der Waals surface area contributed by atoms with Gasteiger partial charge in [-0.05, 0) is 31.0 Å². The van der Waals surface area contributed by atoms with Crippen molar-refractivity contribution in [2.45, 2.75) is 25.7 Å². The van der Waals surface area contributed by atoms with Gasteiger partial charge < -0.3 is 0 Å². The molecule has 2 rings (SSSR count). The average Bonchev–Trinajstić information content (AvgIpc) is 2.24. The van der Waals surface area contributed by atoms with Gasteiger partial charge in [0, 0.05) is 16.3 Å². The van der Waals surface area contributed by atoms with E-state index in [1.807, 2.05) is 32.0 Å². The summed E-state index contributed by atoms with van der Waals surface area (Å²) in [5.74, 6) is 0.314. The van der Waals surface area contributed by atoms with Crippen LogP contribution in [0.3, 0.4) is 0 Å². The fourth-order valence-electron chi connectivity index (χ4n) is 1.95. The van der Waals surface area contributed by atoms with Gasteiger partial charge in [-0.2, -0.15) is 0 Å². The highest BCUT2D eigenvalue weighted by molar-refractivity contribution is 9.10. The highest BCUT2D eigenvalue weighted by Crippen LogP contribution is 2.39. The van der Waals surface area contributed by atoms with E-state index in [-0.39, 0.29) is 5.41 Å². The largest absolute Gasteiger partial charge is 0.298 e. The summed E-state index contributed by atoms with van der Waals surface area (Å²) in [4.78, 5) is 11.7. The third-order valence-corrected chi connectivity index (χ3v) is 3.43. The molecule has 0 bridgehead atoms. The fourth-order valence-corrected chi connectivity index (χ4v) is 2.85. The van der Waals surface area contributed by atoms with E-state index in [9.17, 15) is 4.79 Å². The number of ketones is 1. The summed E-state index contributed by atoms with van der Waals surface area (Å²) in [6, 6.07) is 6.02. The van der Waals surface area contributed by atoms with E-state index in [2.05, 4.69) is 15.9 Å². The molecule has 0 saturated heterocycles. The van der Waals surface area contributed by atoms with E-state index in [4.69, 9.17) is 0 Å². The van der Waals surface area contributed by atoms with Crippen molar-refractivity contribution >= 4 is 21.7 Å². The third-order valence-electron chi connectivity index (χ3n) is 2.77. The smallest absolute Gasteiger partial charge is 0.147 e. The molecule has 1 aromatic carbocycles. The van der Waals surface area contributed by atoms with Gasteiger partial charge in [0.05, 0.1) is 0 Å². The summed E-state index contributed by atoms with van der Waals surface area (Å²) in [5, 5.41) is 0. The van der Waals surface area contributed by atoms with Gasteiger partial charge in [0.2, 0.25) is 0 Å². The first kappa shape index (κ1) is 8.95. The lowest BCUT2D eigenvalue weighted by Crippen LogP contribution is -2.23. The maximum Gasteiger partial charge on any atom is 0.147 e. The molecule has 0 N–H and O–H groups in total. The monoisotopic (exact) mass is 238 g/mol. The van der Waals surface area contributed by atoms with Crippen LogP contribution < -0.4 is 0 Å². The van der Waals surface area contributed by atoms with Crippen LogP contribution in [0.5, 0.6) is 0 Å². The summed E-state index contributed by atoms with van der Waals surface area (Å²) >= 11 is 3.50. The Labute approximate surface area is 86.3 Å². The summed E-state index contributed by atoms with van der Waals surface area (Å²) in [6.45, 7) is 3.98. The Bertz CT molecular complexity index is 380.